The smallest absolute Gasteiger partial charge is 0.260 e. The Labute approximate surface area is 220 Å². The van der Waals surface area contributed by atoms with Gasteiger partial charge in [-0.25, -0.2) is 13.8 Å². The molecule has 1 aromatic heterocycles. The Morgan fingerprint density at radius 2 is 1.78 bits per heavy atom. The normalized spacial score (nSPS) is 20.1. The summed E-state index contributed by atoms with van der Waals surface area (Å²) in [6, 6.07) is 7.45. The van der Waals surface area contributed by atoms with Crippen LogP contribution in [0.25, 0.3) is 0 Å². The van der Waals surface area contributed by atoms with Crippen molar-refractivity contribution < 1.29 is 18.3 Å². The number of rotatable bonds is 9. The van der Waals surface area contributed by atoms with Crippen molar-refractivity contribution in [2.24, 2.45) is 5.41 Å². The molecule has 1 aromatic carbocycles. The lowest BCUT2D eigenvalue weighted by molar-refractivity contribution is -0.0221. The fraction of sp³-hybridized carbons (Fsp3) is 0.577. The first kappa shape index (κ1) is 26.0. The summed E-state index contributed by atoms with van der Waals surface area (Å²) in [5.74, 6) is -1.41. The topological polar surface area (TPSA) is 82.6 Å². The molecule has 2 N–H and O–H groups in total. The van der Waals surface area contributed by atoms with Crippen molar-refractivity contribution in [1.29, 1.82) is 0 Å². The van der Waals surface area contributed by atoms with E-state index in [0.29, 0.717) is 23.4 Å². The molecule has 1 spiro atoms. The van der Waals surface area contributed by atoms with Crippen molar-refractivity contribution in [1.82, 2.24) is 9.97 Å². The van der Waals surface area contributed by atoms with E-state index in [1.807, 2.05) is 23.1 Å². The van der Waals surface area contributed by atoms with Crippen LogP contribution in [0.3, 0.4) is 0 Å². The Morgan fingerprint density at radius 1 is 1.05 bits per heavy atom. The van der Waals surface area contributed by atoms with Gasteiger partial charge in [0.05, 0.1) is 17.9 Å². The molecule has 3 fully saturated rings. The highest BCUT2D eigenvalue weighted by atomic mass is 32.2. The molecular formula is C26H34F2N6O2S. The van der Waals surface area contributed by atoms with Crippen LogP contribution in [0, 0.1) is 5.41 Å². The Hall–Kier alpha value is -2.66. The molecule has 0 atom stereocenters. The molecule has 8 nitrogen and oxygen atoms in total. The van der Waals surface area contributed by atoms with Gasteiger partial charge < -0.3 is 19.3 Å². The van der Waals surface area contributed by atoms with Crippen molar-refractivity contribution in [3.63, 3.8) is 0 Å². The summed E-state index contributed by atoms with van der Waals surface area (Å²) in [6.45, 7) is 2.93. The molecule has 2 saturated heterocycles. The first-order valence-corrected chi connectivity index (χ1v) is 13.9. The van der Waals surface area contributed by atoms with Crippen LogP contribution in [-0.2, 0) is 4.74 Å². The number of carbonyl (C=O) groups excluding carboxylic acids is 1. The molecule has 200 valence electrons. The predicted octanol–water partition coefficient (Wildman–Crippen LogP) is 5.05. The van der Waals surface area contributed by atoms with Gasteiger partial charge in [-0.3, -0.25) is 10.1 Å². The summed E-state index contributed by atoms with van der Waals surface area (Å²) in [4.78, 5) is 26.2. The lowest BCUT2D eigenvalue weighted by Gasteiger charge is -2.35. The Morgan fingerprint density at radius 3 is 2.49 bits per heavy atom. The molecule has 1 aliphatic carbocycles. The third-order valence-corrected chi connectivity index (χ3v) is 8.38. The Kier molecular flexibility index (Phi) is 7.71. The zero-order chi connectivity index (χ0) is 25.9. The van der Waals surface area contributed by atoms with Crippen LogP contribution in [-0.4, -0.2) is 67.4 Å². The van der Waals surface area contributed by atoms with Gasteiger partial charge in [0.25, 0.3) is 11.8 Å². The number of hydrogen-bond acceptors (Lipinski definition) is 8. The molecule has 11 heteroatoms. The van der Waals surface area contributed by atoms with Gasteiger partial charge in [-0.2, -0.15) is 4.98 Å². The maximum absolute atomic E-state index is 13.6. The number of halogens is 2. The summed E-state index contributed by atoms with van der Waals surface area (Å²) in [5.41, 5.74) is 2.90. The second-order valence-corrected chi connectivity index (χ2v) is 11.1. The highest BCUT2D eigenvalue weighted by molar-refractivity contribution is 8.00. The number of methoxy groups -OCH3 is 1. The average Bonchev–Trinajstić information content (AvgIpc) is 3.65. The lowest BCUT2D eigenvalue weighted by Crippen LogP contribution is -2.39. The minimum Gasteiger partial charge on any atom is -0.384 e. The Balaban J connectivity index is 1.31. The minimum absolute atomic E-state index is 0.165. The predicted molar refractivity (Wildman–Crippen MR) is 144 cm³/mol. The summed E-state index contributed by atoms with van der Waals surface area (Å²) in [5, 5.41) is 2.84. The van der Waals surface area contributed by atoms with Crippen LogP contribution >= 0.6 is 11.9 Å². The van der Waals surface area contributed by atoms with Crippen molar-refractivity contribution >= 4 is 41.0 Å². The lowest BCUT2D eigenvalue weighted by atomic mass is 9.93. The number of aromatic nitrogens is 2. The minimum atomic E-state index is -2.63. The number of nitrogens with zero attached hydrogens (tertiary/aromatic N) is 4. The van der Waals surface area contributed by atoms with E-state index in [1.54, 1.807) is 31.3 Å². The molecular weight excluding hydrogens is 498 g/mol. The van der Waals surface area contributed by atoms with Gasteiger partial charge in [-0.15, -0.1) is 0 Å². The fourth-order valence-electron chi connectivity index (χ4n) is 5.02. The summed E-state index contributed by atoms with van der Waals surface area (Å²) < 4.78 is 35.6. The highest BCUT2D eigenvalue weighted by Crippen LogP contribution is 2.54. The van der Waals surface area contributed by atoms with Gasteiger partial charge in [0, 0.05) is 63.8 Å². The van der Waals surface area contributed by atoms with Gasteiger partial charge in [0.2, 0.25) is 5.95 Å². The van der Waals surface area contributed by atoms with Crippen LogP contribution in [0.15, 0.2) is 30.5 Å². The number of ether oxygens (including phenoxy) is 1. The molecule has 5 rings (SSSR count). The van der Waals surface area contributed by atoms with Crippen LogP contribution in [0.1, 0.15) is 48.9 Å². The molecule has 1 saturated carbocycles. The van der Waals surface area contributed by atoms with Gasteiger partial charge in [-0.05, 0) is 55.4 Å². The number of nitrogens with one attached hydrogen (secondary N) is 2. The third-order valence-electron chi connectivity index (χ3n) is 7.63. The zero-order valence-corrected chi connectivity index (χ0v) is 22.0. The van der Waals surface area contributed by atoms with Crippen molar-refractivity contribution in [3.8, 4) is 0 Å². The molecule has 37 heavy (non-hydrogen) atoms. The van der Waals surface area contributed by atoms with Gasteiger partial charge >= 0.3 is 0 Å². The molecule has 3 heterocycles. The molecule has 0 bridgehead atoms. The number of piperidine rings is 2. The van der Waals surface area contributed by atoms with E-state index in [4.69, 9.17) is 4.74 Å². The second kappa shape index (κ2) is 11.0. The standard InChI is InChI=1S/C26H34F2N6O2S/c1-36-16-17-37-32-19-2-3-20(21(18-19)33-12-7-25(5-6-25)8-13-33)23(35)31-24-29-11-4-22(30-24)34-14-9-26(27,28)10-15-34/h2-4,11,18,32H,5-10,12-17H2,1H3,(H,29,30,31,35). The second-order valence-electron chi connectivity index (χ2n) is 10.2. The SMILES string of the molecule is COCCSNc1ccc(C(=O)Nc2nccc(N3CCC(F)(F)CC3)n2)c(N2CCC3(CC2)CC3)c1. The van der Waals surface area contributed by atoms with E-state index < -0.39 is 5.92 Å². The first-order valence-electron chi connectivity index (χ1n) is 12.9. The number of amides is 1. The molecule has 2 aromatic rings. The van der Waals surface area contributed by atoms with Crippen molar-refractivity contribution in [3.05, 3.63) is 36.0 Å². The largest absolute Gasteiger partial charge is 0.384 e. The number of carbonyl (C=O) groups is 1. The molecule has 3 aliphatic rings. The van der Waals surface area contributed by atoms with Crippen LogP contribution in [0.5, 0.6) is 0 Å². The van der Waals surface area contributed by atoms with E-state index in [2.05, 4.69) is 24.9 Å². The van der Waals surface area contributed by atoms with E-state index in [0.717, 1.165) is 43.1 Å². The monoisotopic (exact) mass is 532 g/mol. The fourth-order valence-corrected chi connectivity index (χ4v) is 5.67. The maximum atomic E-state index is 13.6. The molecule has 1 amide bonds. The van der Waals surface area contributed by atoms with E-state index >= 15 is 0 Å². The first-order chi connectivity index (χ1) is 17.9. The van der Waals surface area contributed by atoms with Crippen molar-refractivity contribution in [2.75, 3.05) is 65.5 Å². The number of alkyl halides is 2. The third kappa shape index (κ3) is 6.43. The van der Waals surface area contributed by atoms with E-state index in [9.17, 15) is 13.6 Å². The Bertz CT molecular complexity index is 1100. The molecule has 0 unspecified atom stereocenters. The van der Waals surface area contributed by atoms with E-state index in [-0.39, 0.29) is 37.8 Å². The van der Waals surface area contributed by atoms with Gasteiger partial charge in [0.15, 0.2) is 0 Å². The molecule has 0 radical (unpaired) electrons. The van der Waals surface area contributed by atoms with Crippen LogP contribution in [0.2, 0.25) is 0 Å². The quantitative estimate of drug-likeness (QED) is 0.343. The van der Waals surface area contributed by atoms with Crippen molar-refractivity contribution in [2.45, 2.75) is 44.4 Å². The number of benzene rings is 1. The summed E-state index contributed by atoms with van der Waals surface area (Å²) >= 11 is 1.56. The zero-order valence-electron chi connectivity index (χ0n) is 21.1. The van der Waals surface area contributed by atoms with Gasteiger partial charge in [0.1, 0.15) is 5.82 Å². The number of hydrogen-bond donors (Lipinski definition) is 2. The highest BCUT2D eigenvalue weighted by Gasteiger charge is 2.44. The van der Waals surface area contributed by atoms with Crippen LogP contribution < -0.4 is 19.8 Å². The van der Waals surface area contributed by atoms with Gasteiger partial charge in [-0.1, -0.05) is 11.9 Å². The maximum Gasteiger partial charge on any atom is 0.260 e. The average molecular weight is 533 g/mol. The van der Waals surface area contributed by atoms with E-state index in [1.165, 1.54) is 12.8 Å². The molecule has 2 aliphatic heterocycles. The summed E-state index contributed by atoms with van der Waals surface area (Å²) in [6.07, 6.45) is 6.06. The van der Waals surface area contributed by atoms with Crippen LogP contribution in [0.4, 0.5) is 31.9 Å². The summed E-state index contributed by atoms with van der Waals surface area (Å²) in [7, 11) is 1.68. The number of anilines is 4.